The molecule has 76 valence electrons. The van der Waals surface area contributed by atoms with Crippen molar-refractivity contribution in [3.05, 3.63) is 54.6 Å². The van der Waals surface area contributed by atoms with Gasteiger partial charge in [-0.2, -0.15) is 0 Å². The molecule has 1 nitrogen and oxygen atoms in total. The summed E-state index contributed by atoms with van der Waals surface area (Å²) >= 11 is 0. The molecule has 0 atom stereocenters. The summed E-state index contributed by atoms with van der Waals surface area (Å²) in [6.45, 7) is 0. The minimum absolute atomic E-state index is 0.0809. The average molecular weight is 224 g/mol. The van der Waals surface area contributed by atoms with E-state index in [9.17, 15) is 4.57 Å². The highest BCUT2D eigenvalue weighted by Crippen LogP contribution is 2.22. The maximum absolute atomic E-state index is 11.1. The van der Waals surface area contributed by atoms with Gasteiger partial charge in [-0.15, -0.1) is 0 Å². The van der Waals surface area contributed by atoms with Crippen molar-refractivity contribution in [3.63, 3.8) is 0 Å². The first kappa shape index (κ1) is 9.50. The van der Waals surface area contributed by atoms with E-state index in [2.05, 4.69) is 30.3 Å². The molecule has 0 spiro atoms. The van der Waals surface area contributed by atoms with Gasteiger partial charge in [-0.1, -0.05) is 36.4 Å². The smallest absolute Gasteiger partial charge is 0.192 e. The zero-order chi connectivity index (χ0) is 11.0. The Morgan fingerprint density at radius 3 is 2.19 bits per heavy atom. The lowest BCUT2D eigenvalue weighted by Gasteiger charge is -2.03. The van der Waals surface area contributed by atoms with Crippen molar-refractivity contribution in [1.29, 1.82) is 0 Å². The third kappa shape index (κ3) is 1.41. The van der Waals surface area contributed by atoms with Crippen molar-refractivity contribution in [2.75, 3.05) is 0 Å². The van der Waals surface area contributed by atoms with E-state index in [1.807, 2.05) is 24.3 Å². The van der Waals surface area contributed by atoms with E-state index in [1.54, 1.807) is 0 Å². The van der Waals surface area contributed by atoms with E-state index in [-0.39, 0.29) is 8.46 Å². The molecular weight excluding hydrogens is 215 g/mol. The van der Waals surface area contributed by atoms with Crippen molar-refractivity contribution >= 4 is 35.3 Å². The van der Waals surface area contributed by atoms with Gasteiger partial charge < -0.3 is 0 Å². The van der Waals surface area contributed by atoms with Crippen LogP contribution >= 0.6 is 8.46 Å². The van der Waals surface area contributed by atoms with E-state index in [4.69, 9.17) is 0 Å². The lowest BCUT2D eigenvalue weighted by Crippen LogP contribution is -1.92. The zero-order valence-electron chi connectivity index (χ0n) is 8.55. The molecule has 0 aliphatic heterocycles. The normalized spacial score (nSPS) is 11.2. The molecule has 2 heteroatoms. The van der Waals surface area contributed by atoms with Gasteiger partial charge in [0.05, 0.1) is 5.30 Å². The fraction of sp³-hybridized carbons (Fsp3) is 0. The Morgan fingerprint density at radius 1 is 0.750 bits per heavy atom. The molecule has 16 heavy (non-hydrogen) atoms. The van der Waals surface area contributed by atoms with Crippen LogP contribution < -0.4 is 5.30 Å². The van der Waals surface area contributed by atoms with Gasteiger partial charge in [0.15, 0.2) is 8.46 Å². The molecule has 3 rings (SSSR count). The van der Waals surface area contributed by atoms with Crippen LogP contribution in [0.4, 0.5) is 0 Å². The van der Waals surface area contributed by atoms with Gasteiger partial charge in [0, 0.05) is 0 Å². The van der Waals surface area contributed by atoms with Crippen LogP contribution in [-0.2, 0) is 4.57 Å². The fourth-order valence-corrected chi connectivity index (χ4v) is 2.47. The van der Waals surface area contributed by atoms with Gasteiger partial charge in [-0.3, -0.25) is 4.57 Å². The Hall–Kier alpha value is -1.72. The molecule has 0 unspecified atom stereocenters. The summed E-state index contributed by atoms with van der Waals surface area (Å²) in [5, 5.41) is 5.46. The molecule has 0 aliphatic carbocycles. The van der Waals surface area contributed by atoms with Gasteiger partial charge in [0.25, 0.3) is 0 Å². The molecule has 3 aromatic rings. The maximum Gasteiger partial charge on any atom is 0.192 e. The summed E-state index contributed by atoms with van der Waals surface area (Å²) < 4.78 is 11.1. The standard InChI is InChI=1S/C14H9OP/c15-16-14-7-3-6-12-8-10-4-1-2-5-11(10)9-13(12)14/h1-9H. The van der Waals surface area contributed by atoms with E-state index < -0.39 is 0 Å². The number of rotatable bonds is 1. The van der Waals surface area contributed by atoms with Crippen LogP contribution in [0.1, 0.15) is 0 Å². The van der Waals surface area contributed by atoms with Crippen molar-refractivity contribution in [2.24, 2.45) is 0 Å². The molecule has 0 aliphatic rings. The topological polar surface area (TPSA) is 17.1 Å². The molecule has 0 saturated heterocycles. The summed E-state index contributed by atoms with van der Waals surface area (Å²) in [6, 6.07) is 18.4. The first-order valence-electron chi connectivity index (χ1n) is 5.13. The summed E-state index contributed by atoms with van der Waals surface area (Å²) in [5.41, 5.74) is 0. The summed E-state index contributed by atoms with van der Waals surface area (Å²) in [4.78, 5) is 0. The number of benzene rings is 3. The van der Waals surface area contributed by atoms with E-state index in [0.29, 0.717) is 0 Å². The van der Waals surface area contributed by atoms with Crippen molar-refractivity contribution < 1.29 is 4.57 Å². The highest BCUT2D eigenvalue weighted by Gasteiger charge is 2.02. The monoisotopic (exact) mass is 224 g/mol. The highest BCUT2D eigenvalue weighted by atomic mass is 31.1. The Bertz CT molecular complexity index is 688. The fourth-order valence-electron chi connectivity index (χ4n) is 2.03. The Labute approximate surface area is 94.9 Å². The first-order valence-corrected chi connectivity index (χ1v) is 5.94. The lowest BCUT2D eigenvalue weighted by molar-refractivity contribution is 0.603. The highest BCUT2D eigenvalue weighted by molar-refractivity contribution is 7.34. The van der Waals surface area contributed by atoms with E-state index in [1.165, 1.54) is 10.8 Å². The van der Waals surface area contributed by atoms with Crippen LogP contribution in [0.25, 0.3) is 21.5 Å². The summed E-state index contributed by atoms with van der Waals surface area (Å²) in [5.74, 6) is 0. The van der Waals surface area contributed by atoms with Gasteiger partial charge >= 0.3 is 0 Å². The van der Waals surface area contributed by atoms with Crippen molar-refractivity contribution in [1.82, 2.24) is 0 Å². The molecule has 0 aromatic heterocycles. The maximum atomic E-state index is 11.1. The van der Waals surface area contributed by atoms with Gasteiger partial charge in [-0.05, 0) is 39.7 Å². The predicted molar refractivity (Wildman–Crippen MR) is 68.7 cm³/mol. The van der Waals surface area contributed by atoms with Gasteiger partial charge in [0.2, 0.25) is 0 Å². The van der Waals surface area contributed by atoms with E-state index >= 15 is 0 Å². The summed E-state index contributed by atoms with van der Waals surface area (Å²) in [7, 11) is 0.0809. The molecule has 0 bridgehead atoms. The quantitative estimate of drug-likeness (QED) is 0.452. The van der Waals surface area contributed by atoms with E-state index in [0.717, 1.165) is 16.1 Å². The van der Waals surface area contributed by atoms with Crippen LogP contribution in [0.3, 0.4) is 0 Å². The van der Waals surface area contributed by atoms with Gasteiger partial charge in [0.1, 0.15) is 0 Å². The summed E-state index contributed by atoms with van der Waals surface area (Å²) in [6.07, 6.45) is 0. The zero-order valence-corrected chi connectivity index (χ0v) is 9.45. The average Bonchev–Trinajstić information content (AvgIpc) is 2.35. The number of hydrogen-bond acceptors (Lipinski definition) is 1. The molecule has 0 radical (unpaired) electrons. The molecule has 0 N–H and O–H groups in total. The molecule has 0 heterocycles. The third-order valence-corrected chi connectivity index (χ3v) is 3.41. The molecule has 0 saturated carbocycles. The molecule has 0 fully saturated rings. The lowest BCUT2D eigenvalue weighted by atomic mass is 10.0. The minimum Gasteiger partial charge on any atom is -0.269 e. The van der Waals surface area contributed by atoms with Crippen LogP contribution in [0.5, 0.6) is 0 Å². The Morgan fingerprint density at radius 2 is 1.44 bits per heavy atom. The van der Waals surface area contributed by atoms with Crippen LogP contribution in [0.15, 0.2) is 54.6 Å². The third-order valence-electron chi connectivity index (χ3n) is 2.82. The first-order chi connectivity index (χ1) is 7.88. The van der Waals surface area contributed by atoms with Crippen LogP contribution in [-0.4, -0.2) is 0 Å². The minimum atomic E-state index is 0.0809. The molecular formula is C14H9OP. The SMILES string of the molecule is O=Pc1cccc2cc3ccccc3cc12. The van der Waals surface area contributed by atoms with Gasteiger partial charge in [-0.25, -0.2) is 0 Å². The Balaban J connectivity index is 2.51. The van der Waals surface area contributed by atoms with Crippen molar-refractivity contribution in [2.45, 2.75) is 0 Å². The second-order valence-corrected chi connectivity index (χ2v) is 4.45. The largest absolute Gasteiger partial charge is 0.269 e. The van der Waals surface area contributed by atoms with Crippen molar-refractivity contribution in [3.8, 4) is 0 Å². The number of hydrogen-bond donors (Lipinski definition) is 0. The second-order valence-electron chi connectivity index (χ2n) is 3.79. The second kappa shape index (κ2) is 3.70. The number of fused-ring (bicyclic) bond motifs is 2. The Kier molecular flexibility index (Phi) is 2.19. The molecule has 3 aromatic carbocycles. The van der Waals surface area contributed by atoms with Crippen LogP contribution in [0.2, 0.25) is 0 Å². The van der Waals surface area contributed by atoms with Crippen LogP contribution in [0, 0.1) is 0 Å². The molecule has 0 amide bonds. The predicted octanol–water partition coefficient (Wildman–Crippen LogP) is 3.91.